The van der Waals surface area contributed by atoms with Gasteiger partial charge in [0.05, 0.1) is 6.61 Å². The highest BCUT2D eigenvalue weighted by Gasteiger charge is 1.97. The summed E-state index contributed by atoms with van der Waals surface area (Å²) < 4.78 is 5.80. The van der Waals surface area contributed by atoms with Crippen LogP contribution in [0.15, 0.2) is 34.8 Å². The number of carbonyl (C=O) groups is 1. The average Bonchev–Trinajstić information content (AvgIpc) is 2.29. The van der Waals surface area contributed by atoms with Gasteiger partial charge < -0.3 is 10.1 Å². The van der Waals surface area contributed by atoms with E-state index in [1.807, 2.05) is 25.1 Å². The first-order valence-corrected chi connectivity index (χ1v) is 6.26. The summed E-state index contributed by atoms with van der Waals surface area (Å²) in [6.45, 7) is 4.82. The number of esters is 1. The molecule has 0 aliphatic carbocycles. The van der Waals surface area contributed by atoms with Crippen molar-refractivity contribution in [3.63, 3.8) is 0 Å². The van der Waals surface area contributed by atoms with Crippen molar-refractivity contribution in [3.05, 3.63) is 40.4 Å². The van der Waals surface area contributed by atoms with Gasteiger partial charge in [-0.2, -0.15) is 0 Å². The molecule has 0 bridgehead atoms. The molecule has 17 heavy (non-hydrogen) atoms. The molecule has 0 spiro atoms. The molecule has 0 saturated carbocycles. The first kappa shape index (κ1) is 13.8. The first-order chi connectivity index (χ1) is 8.13. The third-order valence-electron chi connectivity index (χ3n) is 2.15. The Morgan fingerprint density at radius 2 is 2.29 bits per heavy atom. The van der Waals surface area contributed by atoms with Gasteiger partial charge in [-0.05, 0) is 31.5 Å². The monoisotopic (exact) mass is 297 g/mol. The van der Waals surface area contributed by atoms with Crippen LogP contribution < -0.4 is 5.32 Å². The van der Waals surface area contributed by atoms with Gasteiger partial charge in [0.2, 0.25) is 0 Å². The Kier molecular flexibility index (Phi) is 5.77. The fraction of sp³-hybridized carbons (Fsp3) is 0.308. The van der Waals surface area contributed by atoms with E-state index >= 15 is 0 Å². The van der Waals surface area contributed by atoms with Crippen molar-refractivity contribution in [2.45, 2.75) is 13.8 Å². The summed E-state index contributed by atoms with van der Waals surface area (Å²) in [5, 5.41) is 3.23. The van der Waals surface area contributed by atoms with Crippen LogP contribution in [0.5, 0.6) is 0 Å². The van der Waals surface area contributed by atoms with E-state index in [0.717, 1.165) is 15.7 Å². The molecule has 1 rings (SSSR count). The number of hydrogen-bond acceptors (Lipinski definition) is 3. The van der Waals surface area contributed by atoms with Crippen molar-refractivity contribution >= 4 is 27.6 Å². The van der Waals surface area contributed by atoms with Crippen LogP contribution in [0.3, 0.4) is 0 Å². The molecule has 0 fully saturated rings. The van der Waals surface area contributed by atoms with Gasteiger partial charge in [-0.1, -0.05) is 28.1 Å². The highest BCUT2D eigenvalue weighted by Crippen LogP contribution is 2.20. The minimum Gasteiger partial charge on any atom is -0.463 e. The minimum absolute atomic E-state index is 0.305. The Hall–Kier alpha value is -1.29. The number of carbonyl (C=O) groups excluding carboxylic acids is 1. The molecule has 0 aliphatic heterocycles. The van der Waals surface area contributed by atoms with Crippen LogP contribution in [-0.2, 0) is 9.53 Å². The van der Waals surface area contributed by atoms with E-state index in [-0.39, 0.29) is 5.97 Å². The molecule has 0 aromatic heterocycles. The second kappa shape index (κ2) is 7.12. The van der Waals surface area contributed by atoms with Crippen molar-refractivity contribution in [1.82, 2.24) is 0 Å². The van der Waals surface area contributed by atoms with Crippen LogP contribution in [0.4, 0.5) is 5.69 Å². The fourth-order valence-corrected chi connectivity index (χ4v) is 1.66. The summed E-state index contributed by atoms with van der Waals surface area (Å²) >= 11 is 3.42. The number of hydrogen-bond donors (Lipinski definition) is 1. The first-order valence-electron chi connectivity index (χ1n) is 5.46. The summed E-state index contributed by atoms with van der Waals surface area (Å²) in [7, 11) is 0. The predicted molar refractivity (Wildman–Crippen MR) is 73.1 cm³/mol. The molecule has 0 aliphatic rings. The van der Waals surface area contributed by atoms with Crippen molar-refractivity contribution < 1.29 is 9.53 Å². The van der Waals surface area contributed by atoms with Crippen LogP contribution in [-0.4, -0.2) is 19.1 Å². The molecule has 0 amide bonds. The molecule has 4 heteroatoms. The number of rotatable bonds is 5. The minimum atomic E-state index is -0.305. The van der Waals surface area contributed by atoms with Gasteiger partial charge >= 0.3 is 5.97 Å². The molecule has 1 aromatic carbocycles. The maximum Gasteiger partial charge on any atom is 0.330 e. The van der Waals surface area contributed by atoms with Gasteiger partial charge in [0, 0.05) is 22.8 Å². The van der Waals surface area contributed by atoms with Gasteiger partial charge in [0.25, 0.3) is 0 Å². The number of nitrogens with one attached hydrogen (secondary N) is 1. The highest BCUT2D eigenvalue weighted by molar-refractivity contribution is 9.10. The van der Waals surface area contributed by atoms with Crippen molar-refractivity contribution in [2.75, 3.05) is 18.5 Å². The Labute approximate surface area is 110 Å². The molecule has 1 aromatic rings. The third kappa shape index (κ3) is 5.04. The summed E-state index contributed by atoms with van der Waals surface area (Å²) in [5.41, 5.74) is 2.21. The van der Waals surface area contributed by atoms with E-state index in [1.54, 1.807) is 13.0 Å². The van der Waals surface area contributed by atoms with Crippen LogP contribution in [0.2, 0.25) is 0 Å². The summed E-state index contributed by atoms with van der Waals surface area (Å²) in [6.07, 6.45) is 3.18. The second-order valence-corrected chi connectivity index (χ2v) is 4.41. The quantitative estimate of drug-likeness (QED) is 0.669. The summed E-state index contributed by atoms with van der Waals surface area (Å²) in [4.78, 5) is 11.0. The van der Waals surface area contributed by atoms with Crippen molar-refractivity contribution in [1.29, 1.82) is 0 Å². The van der Waals surface area contributed by atoms with E-state index < -0.39 is 0 Å². The Balaban J connectivity index is 2.45. The molecule has 0 unspecified atom stereocenters. The predicted octanol–water partition coefficient (Wildman–Crippen LogP) is 3.29. The molecular formula is C13H16BrNO2. The van der Waals surface area contributed by atoms with Crippen LogP contribution in [0, 0.1) is 6.92 Å². The molecule has 92 valence electrons. The molecule has 0 saturated heterocycles. The number of anilines is 1. The van der Waals surface area contributed by atoms with Crippen molar-refractivity contribution in [2.24, 2.45) is 0 Å². The smallest absolute Gasteiger partial charge is 0.330 e. The number of benzene rings is 1. The standard InChI is InChI=1S/C13H16BrNO2/c1-3-17-13(16)5-4-8-15-12-9-11(14)7-6-10(12)2/h4-7,9,15H,3,8H2,1-2H3/b5-4+. The number of halogens is 1. The topological polar surface area (TPSA) is 38.3 Å². The van der Waals surface area contributed by atoms with Gasteiger partial charge in [0.1, 0.15) is 0 Å². The summed E-state index contributed by atoms with van der Waals surface area (Å²) in [5.74, 6) is -0.305. The fourth-order valence-electron chi connectivity index (χ4n) is 1.30. The van der Waals surface area contributed by atoms with Gasteiger partial charge in [-0.15, -0.1) is 0 Å². The van der Waals surface area contributed by atoms with E-state index in [4.69, 9.17) is 4.74 Å². The molecule has 1 N–H and O–H groups in total. The molecule has 3 nitrogen and oxygen atoms in total. The third-order valence-corrected chi connectivity index (χ3v) is 2.64. The van der Waals surface area contributed by atoms with Gasteiger partial charge in [-0.3, -0.25) is 0 Å². The van der Waals surface area contributed by atoms with E-state index in [0.29, 0.717) is 13.2 Å². The van der Waals surface area contributed by atoms with Crippen molar-refractivity contribution in [3.8, 4) is 0 Å². The maximum absolute atomic E-state index is 11.0. The Morgan fingerprint density at radius 1 is 1.53 bits per heavy atom. The lowest BCUT2D eigenvalue weighted by molar-refractivity contribution is -0.137. The Morgan fingerprint density at radius 3 is 3.00 bits per heavy atom. The van der Waals surface area contributed by atoms with Crippen LogP contribution in [0.1, 0.15) is 12.5 Å². The Bertz CT molecular complexity index is 416. The molecule has 0 heterocycles. The lowest BCUT2D eigenvalue weighted by Gasteiger charge is -2.07. The lowest BCUT2D eigenvalue weighted by atomic mass is 10.2. The summed E-state index contributed by atoms with van der Waals surface area (Å²) in [6, 6.07) is 6.03. The van der Waals surface area contributed by atoms with E-state index in [2.05, 4.69) is 21.2 Å². The highest BCUT2D eigenvalue weighted by atomic mass is 79.9. The number of aryl methyl sites for hydroxylation is 1. The van der Waals surface area contributed by atoms with Gasteiger partial charge in [0.15, 0.2) is 0 Å². The maximum atomic E-state index is 11.0. The zero-order valence-electron chi connectivity index (χ0n) is 10.00. The normalized spacial score (nSPS) is 10.5. The zero-order valence-corrected chi connectivity index (χ0v) is 11.6. The SMILES string of the molecule is CCOC(=O)/C=C/CNc1cc(Br)ccc1C. The average molecular weight is 298 g/mol. The second-order valence-electron chi connectivity index (χ2n) is 3.49. The van der Waals surface area contributed by atoms with E-state index in [9.17, 15) is 4.79 Å². The van der Waals surface area contributed by atoms with Crippen LogP contribution >= 0.6 is 15.9 Å². The lowest BCUT2D eigenvalue weighted by Crippen LogP contribution is -2.03. The largest absolute Gasteiger partial charge is 0.463 e. The number of ether oxygens (including phenoxy) is 1. The molecule has 0 atom stereocenters. The molecular weight excluding hydrogens is 282 g/mol. The van der Waals surface area contributed by atoms with Gasteiger partial charge in [-0.25, -0.2) is 4.79 Å². The zero-order chi connectivity index (χ0) is 12.7. The molecule has 0 radical (unpaired) electrons. The van der Waals surface area contributed by atoms with E-state index in [1.165, 1.54) is 6.08 Å². The van der Waals surface area contributed by atoms with Crippen LogP contribution in [0.25, 0.3) is 0 Å².